The van der Waals surface area contributed by atoms with Gasteiger partial charge in [-0.15, -0.1) is 0 Å². The van der Waals surface area contributed by atoms with Crippen molar-refractivity contribution in [2.24, 2.45) is 0 Å². The van der Waals surface area contributed by atoms with Crippen LogP contribution in [0.5, 0.6) is 0 Å². The molecule has 0 spiro atoms. The lowest BCUT2D eigenvalue weighted by Crippen LogP contribution is -2.24. The maximum atomic E-state index is 12.8. The number of aliphatic hydroxyl groups is 1. The molecule has 0 aliphatic rings. The first-order valence-electron chi connectivity index (χ1n) is 5.90. The number of anilines is 1. The Hall–Kier alpha value is -1.39. The van der Waals surface area contributed by atoms with E-state index in [4.69, 9.17) is 10.4 Å². The van der Waals surface area contributed by atoms with Crippen LogP contribution in [-0.2, 0) is 6.18 Å². The van der Waals surface area contributed by atoms with E-state index in [2.05, 4.69) is 5.32 Å². The Morgan fingerprint density at radius 1 is 1.45 bits per heavy atom. The van der Waals surface area contributed by atoms with E-state index in [1.165, 1.54) is 17.8 Å². The van der Waals surface area contributed by atoms with Gasteiger partial charge in [-0.25, -0.2) is 0 Å². The average molecular weight is 304 g/mol. The van der Waals surface area contributed by atoms with E-state index < -0.39 is 17.3 Å². The summed E-state index contributed by atoms with van der Waals surface area (Å²) in [5.41, 5.74) is -1.05. The number of nitrogens with zero attached hydrogens (tertiary/aromatic N) is 1. The lowest BCUT2D eigenvalue weighted by Gasteiger charge is -2.19. The molecule has 0 saturated carbocycles. The first kappa shape index (κ1) is 16.7. The van der Waals surface area contributed by atoms with Gasteiger partial charge in [0.15, 0.2) is 0 Å². The lowest BCUT2D eigenvalue weighted by atomic mass is 10.1. The van der Waals surface area contributed by atoms with Crippen LogP contribution in [0.3, 0.4) is 0 Å². The third kappa shape index (κ3) is 4.62. The third-order valence-corrected chi connectivity index (χ3v) is 3.40. The highest BCUT2D eigenvalue weighted by Crippen LogP contribution is 2.33. The molecule has 110 valence electrons. The molecule has 0 aliphatic carbocycles. The SMILES string of the molecule is CSC[C@H](CCO)Nc1ccc(C#N)c(C(F)(F)F)c1. The molecule has 0 saturated heterocycles. The highest BCUT2D eigenvalue weighted by Gasteiger charge is 2.33. The molecule has 0 aliphatic heterocycles. The van der Waals surface area contributed by atoms with Crippen LogP contribution >= 0.6 is 11.8 Å². The summed E-state index contributed by atoms with van der Waals surface area (Å²) >= 11 is 1.54. The Bertz CT molecular complexity index is 479. The van der Waals surface area contributed by atoms with Crippen molar-refractivity contribution in [3.8, 4) is 6.07 Å². The molecule has 3 nitrogen and oxygen atoms in total. The molecule has 0 amide bonds. The highest BCUT2D eigenvalue weighted by atomic mass is 32.2. The molecule has 2 N–H and O–H groups in total. The van der Waals surface area contributed by atoms with E-state index in [1.807, 2.05) is 6.26 Å². The fourth-order valence-corrected chi connectivity index (χ4v) is 2.41. The zero-order valence-electron chi connectivity index (χ0n) is 10.9. The van der Waals surface area contributed by atoms with Crippen molar-refractivity contribution >= 4 is 17.4 Å². The van der Waals surface area contributed by atoms with Crippen molar-refractivity contribution in [2.75, 3.05) is 23.9 Å². The van der Waals surface area contributed by atoms with E-state index in [9.17, 15) is 13.2 Å². The van der Waals surface area contributed by atoms with Crippen LogP contribution in [0.15, 0.2) is 18.2 Å². The molecule has 1 rings (SSSR count). The standard InChI is InChI=1S/C13H15F3N2OS/c1-20-8-11(4-5-19)18-10-3-2-9(7-17)12(6-10)13(14,15)16/h2-3,6,11,18-19H,4-5,8H2,1H3/t11-/m0/s1. The lowest BCUT2D eigenvalue weighted by molar-refractivity contribution is -0.137. The topological polar surface area (TPSA) is 56.0 Å². The van der Waals surface area contributed by atoms with Crippen LogP contribution < -0.4 is 5.32 Å². The van der Waals surface area contributed by atoms with Crippen LogP contribution in [0.4, 0.5) is 18.9 Å². The minimum atomic E-state index is -4.56. The minimum Gasteiger partial charge on any atom is -0.396 e. The van der Waals surface area contributed by atoms with Crippen molar-refractivity contribution in [3.05, 3.63) is 29.3 Å². The molecular formula is C13H15F3N2OS. The van der Waals surface area contributed by atoms with Gasteiger partial charge in [-0.3, -0.25) is 0 Å². The van der Waals surface area contributed by atoms with Crippen LogP contribution in [0.1, 0.15) is 17.5 Å². The molecule has 1 aromatic rings. The van der Waals surface area contributed by atoms with Gasteiger partial charge in [0.1, 0.15) is 0 Å². The van der Waals surface area contributed by atoms with E-state index in [0.29, 0.717) is 17.9 Å². The van der Waals surface area contributed by atoms with Crippen molar-refractivity contribution in [3.63, 3.8) is 0 Å². The quantitative estimate of drug-likeness (QED) is 0.848. The van der Waals surface area contributed by atoms with Gasteiger partial charge < -0.3 is 10.4 Å². The minimum absolute atomic E-state index is 0.0410. The van der Waals surface area contributed by atoms with Gasteiger partial charge in [0.2, 0.25) is 0 Å². The number of alkyl halides is 3. The molecule has 1 atom stereocenters. The number of nitrogens with one attached hydrogen (secondary N) is 1. The summed E-state index contributed by atoms with van der Waals surface area (Å²) in [5.74, 6) is 0.669. The van der Waals surface area contributed by atoms with Gasteiger partial charge in [-0.1, -0.05) is 0 Å². The van der Waals surface area contributed by atoms with E-state index in [1.54, 1.807) is 6.07 Å². The normalized spacial score (nSPS) is 12.8. The monoisotopic (exact) mass is 304 g/mol. The fourth-order valence-electron chi connectivity index (χ4n) is 1.76. The average Bonchev–Trinajstić information content (AvgIpc) is 2.38. The molecule has 1 aromatic carbocycles. The molecule has 0 bridgehead atoms. The zero-order chi connectivity index (χ0) is 15.2. The van der Waals surface area contributed by atoms with Gasteiger partial charge in [-0.05, 0) is 30.9 Å². The predicted molar refractivity (Wildman–Crippen MR) is 73.7 cm³/mol. The summed E-state index contributed by atoms with van der Waals surface area (Å²) in [5, 5.41) is 20.6. The Labute approximate surface area is 119 Å². The summed E-state index contributed by atoms with van der Waals surface area (Å²) in [4.78, 5) is 0. The van der Waals surface area contributed by atoms with Crippen LogP contribution in [0.2, 0.25) is 0 Å². The van der Waals surface area contributed by atoms with Crippen molar-refractivity contribution in [2.45, 2.75) is 18.6 Å². The summed E-state index contributed by atoms with van der Waals surface area (Å²) < 4.78 is 38.5. The number of hydrogen-bond acceptors (Lipinski definition) is 4. The molecule has 20 heavy (non-hydrogen) atoms. The van der Waals surface area contributed by atoms with Crippen LogP contribution in [0.25, 0.3) is 0 Å². The number of halogens is 3. The second-order valence-corrected chi connectivity index (χ2v) is 5.09. The maximum absolute atomic E-state index is 12.8. The fraction of sp³-hybridized carbons (Fsp3) is 0.462. The van der Waals surface area contributed by atoms with Gasteiger partial charge in [-0.2, -0.15) is 30.2 Å². The van der Waals surface area contributed by atoms with Gasteiger partial charge >= 0.3 is 6.18 Å². The van der Waals surface area contributed by atoms with Gasteiger partial charge in [0.05, 0.1) is 17.2 Å². The molecule has 0 unspecified atom stereocenters. The number of thioether (sulfide) groups is 1. The first-order chi connectivity index (χ1) is 9.42. The van der Waals surface area contributed by atoms with Gasteiger partial charge in [0.25, 0.3) is 0 Å². The van der Waals surface area contributed by atoms with E-state index >= 15 is 0 Å². The zero-order valence-corrected chi connectivity index (χ0v) is 11.7. The number of benzene rings is 1. The molecule has 0 radical (unpaired) electrons. The number of hydrogen-bond donors (Lipinski definition) is 2. The van der Waals surface area contributed by atoms with E-state index in [0.717, 1.165) is 12.1 Å². The highest BCUT2D eigenvalue weighted by molar-refractivity contribution is 7.98. The molecule has 0 heterocycles. The second kappa shape index (κ2) is 7.41. The maximum Gasteiger partial charge on any atom is 0.417 e. The first-order valence-corrected chi connectivity index (χ1v) is 7.29. The summed E-state index contributed by atoms with van der Waals surface area (Å²) in [6, 6.07) is 4.95. The Morgan fingerprint density at radius 3 is 2.65 bits per heavy atom. The number of rotatable bonds is 6. The summed E-state index contributed by atoms with van der Waals surface area (Å²) in [6.45, 7) is -0.0410. The molecule has 7 heteroatoms. The van der Waals surface area contributed by atoms with Crippen molar-refractivity contribution in [1.29, 1.82) is 5.26 Å². The van der Waals surface area contributed by atoms with Crippen molar-refractivity contribution < 1.29 is 18.3 Å². The Balaban J connectivity index is 3.00. The Kier molecular flexibility index (Phi) is 6.17. The predicted octanol–water partition coefficient (Wildman–Crippen LogP) is 3.10. The second-order valence-electron chi connectivity index (χ2n) is 4.18. The van der Waals surface area contributed by atoms with E-state index in [-0.39, 0.29) is 12.6 Å². The van der Waals surface area contributed by atoms with Gasteiger partial charge in [0, 0.05) is 24.1 Å². The number of nitriles is 1. The smallest absolute Gasteiger partial charge is 0.396 e. The summed E-state index contributed by atoms with van der Waals surface area (Å²) in [7, 11) is 0. The Morgan fingerprint density at radius 2 is 2.15 bits per heavy atom. The molecular weight excluding hydrogens is 289 g/mol. The molecule has 0 aromatic heterocycles. The largest absolute Gasteiger partial charge is 0.417 e. The third-order valence-electron chi connectivity index (χ3n) is 2.66. The summed E-state index contributed by atoms with van der Waals surface area (Å²) in [6.07, 6.45) is -2.23. The van der Waals surface area contributed by atoms with Crippen molar-refractivity contribution in [1.82, 2.24) is 0 Å². The molecule has 0 fully saturated rings. The number of aliphatic hydroxyl groups excluding tert-OH is 1. The van der Waals surface area contributed by atoms with Crippen LogP contribution in [-0.4, -0.2) is 29.8 Å². The van der Waals surface area contributed by atoms with Crippen LogP contribution in [0, 0.1) is 11.3 Å².